The summed E-state index contributed by atoms with van der Waals surface area (Å²) in [7, 11) is 0. The number of carbonyl (C=O) groups excluding carboxylic acids is 2. The summed E-state index contributed by atoms with van der Waals surface area (Å²) in [4.78, 5) is 25.0. The first-order chi connectivity index (χ1) is 8.50. The fourth-order valence-electron chi connectivity index (χ4n) is 2.25. The van der Waals surface area contributed by atoms with Crippen LogP contribution in [-0.2, 0) is 14.3 Å². The van der Waals surface area contributed by atoms with Crippen LogP contribution in [0.2, 0.25) is 0 Å². The van der Waals surface area contributed by atoms with Crippen molar-refractivity contribution >= 4 is 11.9 Å². The van der Waals surface area contributed by atoms with Gasteiger partial charge in [-0.1, -0.05) is 20.3 Å². The van der Waals surface area contributed by atoms with E-state index < -0.39 is 0 Å². The third-order valence-corrected chi connectivity index (χ3v) is 4.03. The van der Waals surface area contributed by atoms with Crippen molar-refractivity contribution in [3.8, 4) is 0 Å². The number of piperidine rings is 1. The Morgan fingerprint density at radius 3 is 2.28 bits per heavy atom. The number of likely N-dealkylation sites (tertiary alicyclic amines) is 1. The molecule has 0 atom stereocenters. The summed E-state index contributed by atoms with van der Waals surface area (Å²) >= 11 is 0. The Labute approximate surface area is 110 Å². The predicted molar refractivity (Wildman–Crippen MR) is 70.1 cm³/mol. The molecule has 0 radical (unpaired) electrons. The maximum Gasteiger partial charge on any atom is 0.306 e. The molecular weight excluding hydrogens is 230 g/mol. The highest BCUT2D eigenvalue weighted by atomic mass is 16.5. The second-order valence-electron chi connectivity index (χ2n) is 5.35. The van der Waals surface area contributed by atoms with Crippen LogP contribution in [0.25, 0.3) is 0 Å². The van der Waals surface area contributed by atoms with Crippen LogP contribution in [0, 0.1) is 5.41 Å². The van der Waals surface area contributed by atoms with Crippen molar-refractivity contribution in [3.63, 3.8) is 0 Å². The largest absolute Gasteiger partial charge is 0.466 e. The van der Waals surface area contributed by atoms with Crippen molar-refractivity contribution in [2.75, 3.05) is 19.7 Å². The smallest absolute Gasteiger partial charge is 0.306 e. The predicted octanol–water partition coefficient (Wildman–Crippen LogP) is 2.37. The van der Waals surface area contributed by atoms with Gasteiger partial charge in [0.25, 0.3) is 0 Å². The van der Waals surface area contributed by atoms with Crippen LogP contribution in [-0.4, -0.2) is 36.5 Å². The van der Waals surface area contributed by atoms with Gasteiger partial charge in [-0.15, -0.1) is 0 Å². The number of hydrogen-bond acceptors (Lipinski definition) is 3. The van der Waals surface area contributed by atoms with E-state index in [1.807, 2.05) is 4.90 Å². The standard InChI is InChI=1S/C14H25NO3/c1-4-14(3)8-10-15(11-9-14)12(16)6-7-13(17)18-5-2/h4-11H2,1-3H3. The minimum Gasteiger partial charge on any atom is -0.466 e. The molecule has 0 spiro atoms. The second kappa shape index (κ2) is 6.76. The Morgan fingerprint density at radius 1 is 1.17 bits per heavy atom. The molecule has 1 rings (SSSR count). The van der Waals surface area contributed by atoms with Crippen LogP contribution in [0.15, 0.2) is 0 Å². The van der Waals surface area contributed by atoms with Gasteiger partial charge in [-0.05, 0) is 25.2 Å². The molecule has 0 N–H and O–H groups in total. The molecule has 0 unspecified atom stereocenters. The Morgan fingerprint density at radius 2 is 1.78 bits per heavy atom. The van der Waals surface area contributed by atoms with E-state index in [0.717, 1.165) is 32.4 Å². The van der Waals surface area contributed by atoms with Crippen LogP contribution in [0.5, 0.6) is 0 Å². The lowest BCUT2D eigenvalue weighted by Crippen LogP contribution is -2.42. The summed E-state index contributed by atoms with van der Waals surface area (Å²) in [5.41, 5.74) is 0.387. The molecule has 0 aromatic carbocycles. The van der Waals surface area contributed by atoms with Crippen molar-refractivity contribution in [3.05, 3.63) is 0 Å². The Kier molecular flexibility index (Phi) is 5.63. The first-order valence-electron chi connectivity index (χ1n) is 6.94. The van der Waals surface area contributed by atoms with Crippen LogP contribution < -0.4 is 0 Å². The molecule has 1 fully saturated rings. The van der Waals surface area contributed by atoms with E-state index in [0.29, 0.717) is 12.0 Å². The summed E-state index contributed by atoms with van der Waals surface area (Å²) in [6, 6.07) is 0. The SMILES string of the molecule is CCOC(=O)CCC(=O)N1CCC(C)(CC)CC1. The maximum atomic E-state index is 11.9. The summed E-state index contributed by atoms with van der Waals surface area (Å²) in [5, 5.41) is 0. The highest BCUT2D eigenvalue weighted by Crippen LogP contribution is 2.34. The molecule has 0 aromatic heterocycles. The first-order valence-corrected chi connectivity index (χ1v) is 6.94. The van der Waals surface area contributed by atoms with Crippen LogP contribution >= 0.6 is 0 Å². The maximum absolute atomic E-state index is 11.9. The summed E-state index contributed by atoms with van der Waals surface area (Å²) in [6.07, 6.45) is 3.77. The zero-order chi connectivity index (χ0) is 13.6. The van der Waals surface area contributed by atoms with Crippen molar-refractivity contribution in [1.82, 2.24) is 4.90 Å². The highest BCUT2D eigenvalue weighted by Gasteiger charge is 2.30. The zero-order valence-electron chi connectivity index (χ0n) is 11.8. The number of nitrogens with zero attached hydrogens (tertiary/aromatic N) is 1. The van der Waals surface area contributed by atoms with Gasteiger partial charge in [0.2, 0.25) is 5.91 Å². The van der Waals surface area contributed by atoms with Crippen molar-refractivity contribution in [2.24, 2.45) is 5.41 Å². The quantitative estimate of drug-likeness (QED) is 0.709. The molecule has 0 bridgehead atoms. The van der Waals surface area contributed by atoms with Gasteiger partial charge in [0.05, 0.1) is 13.0 Å². The lowest BCUT2D eigenvalue weighted by molar-refractivity contribution is -0.146. The van der Waals surface area contributed by atoms with Gasteiger partial charge < -0.3 is 9.64 Å². The minimum absolute atomic E-state index is 0.0845. The van der Waals surface area contributed by atoms with Gasteiger partial charge >= 0.3 is 5.97 Å². The minimum atomic E-state index is -0.277. The summed E-state index contributed by atoms with van der Waals surface area (Å²) in [6.45, 7) is 8.30. The zero-order valence-corrected chi connectivity index (χ0v) is 11.8. The normalized spacial score (nSPS) is 18.5. The lowest BCUT2D eigenvalue weighted by atomic mass is 9.78. The molecule has 1 saturated heterocycles. The lowest BCUT2D eigenvalue weighted by Gasteiger charge is -2.39. The molecule has 4 heteroatoms. The van der Waals surface area contributed by atoms with Gasteiger partial charge in [-0.2, -0.15) is 0 Å². The van der Waals surface area contributed by atoms with Gasteiger partial charge in [-0.25, -0.2) is 0 Å². The number of esters is 1. The first kappa shape index (κ1) is 15.0. The summed E-state index contributed by atoms with van der Waals surface area (Å²) < 4.78 is 4.82. The molecule has 0 aliphatic carbocycles. The van der Waals surface area contributed by atoms with Crippen LogP contribution in [0.4, 0.5) is 0 Å². The number of carbonyl (C=O) groups is 2. The van der Waals surface area contributed by atoms with E-state index >= 15 is 0 Å². The summed E-state index contributed by atoms with van der Waals surface area (Å²) in [5.74, 6) is -0.192. The average Bonchev–Trinajstić information content (AvgIpc) is 2.37. The molecule has 1 aliphatic heterocycles. The number of rotatable bonds is 5. The second-order valence-corrected chi connectivity index (χ2v) is 5.35. The van der Waals surface area contributed by atoms with E-state index in [9.17, 15) is 9.59 Å². The number of hydrogen-bond donors (Lipinski definition) is 0. The fraction of sp³-hybridized carbons (Fsp3) is 0.857. The molecule has 18 heavy (non-hydrogen) atoms. The molecule has 0 aromatic rings. The number of ether oxygens (including phenoxy) is 1. The third-order valence-electron chi connectivity index (χ3n) is 4.03. The van der Waals surface area contributed by atoms with Crippen LogP contribution in [0.1, 0.15) is 52.9 Å². The van der Waals surface area contributed by atoms with Gasteiger partial charge in [0.15, 0.2) is 0 Å². The van der Waals surface area contributed by atoms with E-state index in [1.165, 1.54) is 0 Å². The molecule has 4 nitrogen and oxygen atoms in total. The monoisotopic (exact) mass is 255 g/mol. The Balaban J connectivity index is 2.30. The Bertz CT molecular complexity index is 293. The molecular formula is C14H25NO3. The van der Waals surface area contributed by atoms with Crippen molar-refractivity contribution in [2.45, 2.75) is 52.9 Å². The highest BCUT2D eigenvalue weighted by molar-refractivity contribution is 5.81. The van der Waals surface area contributed by atoms with Crippen LogP contribution in [0.3, 0.4) is 0 Å². The van der Waals surface area contributed by atoms with E-state index in [-0.39, 0.29) is 24.7 Å². The van der Waals surface area contributed by atoms with Gasteiger partial charge in [0, 0.05) is 19.5 Å². The third kappa shape index (κ3) is 4.31. The van der Waals surface area contributed by atoms with E-state index in [1.54, 1.807) is 6.92 Å². The van der Waals surface area contributed by atoms with Gasteiger partial charge in [-0.3, -0.25) is 9.59 Å². The average molecular weight is 255 g/mol. The fourth-order valence-corrected chi connectivity index (χ4v) is 2.25. The molecule has 0 saturated carbocycles. The van der Waals surface area contributed by atoms with E-state index in [2.05, 4.69) is 13.8 Å². The van der Waals surface area contributed by atoms with Crippen molar-refractivity contribution in [1.29, 1.82) is 0 Å². The van der Waals surface area contributed by atoms with Gasteiger partial charge in [0.1, 0.15) is 0 Å². The van der Waals surface area contributed by atoms with E-state index in [4.69, 9.17) is 4.74 Å². The topological polar surface area (TPSA) is 46.6 Å². The molecule has 104 valence electrons. The number of amides is 1. The van der Waals surface area contributed by atoms with Crippen molar-refractivity contribution < 1.29 is 14.3 Å². The Hall–Kier alpha value is -1.06. The molecule has 1 heterocycles. The molecule has 1 aliphatic rings. The molecule has 1 amide bonds.